The maximum Gasteiger partial charge on any atom is 0.137 e. The second-order valence-electron chi connectivity index (χ2n) is 4.75. The Morgan fingerprint density at radius 1 is 1.19 bits per heavy atom. The van der Waals surface area contributed by atoms with Gasteiger partial charge in [-0.2, -0.15) is 0 Å². The molecule has 3 nitrogen and oxygen atoms in total. The van der Waals surface area contributed by atoms with Gasteiger partial charge in [0.25, 0.3) is 0 Å². The third-order valence-electron chi connectivity index (χ3n) is 2.96. The Kier molecular flexibility index (Phi) is 5.85. The summed E-state index contributed by atoms with van der Waals surface area (Å²) in [6, 6.07) is 9.09. The fourth-order valence-electron chi connectivity index (χ4n) is 1.94. The molecule has 2 rings (SSSR count). The van der Waals surface area contributed by atoms with E-state index in [1.165, 1.54) is 0 Å². The van der Waals surface area contributed by atoms with Crippen LogP contribution in [0.15, 0.2) is 42.7 Å². The number of hydrogen-bond donors (Lipinski definition) is 0. The van der Waals surface area contributed by atoms with Crippen LogP contribution >= 0.6 is 23.2 Å². The molecule has 2 aromatic rings. The summed E-state index contributed by atoms with van der Waals surface area (Å²) in [5.41, 5.74) is 0.911. The van der Waals surface area contributed by atoms with Crippen LogP contribution < -0.4 is 4.74 Å². The Morgan fingerprint density at radius 2 is 2.00 bits per heavy atom. The Labute approximate surface area is 134 Å². The van der Waals surface area contributed by atoms with Crippen LogP contribution in [0.4, 0.5) is 0 Å². The van der Waals surface area contributed by atoms with Crippen molar-refractivity contribution in [3.8, 4) is 5.75 Å². The average Bonchev–Trinajstić information content (AvgIpc) is 2.46. The second-order valence-corrected chi connectivity index (χ2v) is 5.60. The van der Waals surface area contributed by atoms with E-state index in [0.717, 1.165) is 11.3 Å². The van der Waals surface area contributed by atoms with Crippen LogP contribution in [-0.2, 0) is 4.74 Å². The summed E-state index contributed by atoms with van der Waals surface area (Å²) in [5.74, 6) is 0.727. The van der Waals surface area contributed by atoms with Crippen LogP contribution in [-0.4, -0.2) is 17.7 Å². The zero-order valence-corrected chi connectivity index (χ0v) is 13.4. The van der Waals surface area contributed by atoms with Gasteiger partial charge in [0.05, 0.1) is 18.4 Å². The SMILES string of the molecule is CC(COc1cccnc1)OC(C)c1ccc(Cl)cc1Cl. The van der Waals surface area contributed by atoms with E-state index in [-0.39, 0.29) is 12.2 Å². The normalized spacial score (nSPS) is 13.7. The highest BCUT2D eigenvalue weighted by Crippen LogP contribution is 2.28. The maximum atomic E-state index is 6.18. The molecule has 0 bridgehead atoms. The third kappa shape index (κ3) is 4.88. The maximum absolute atomic E-state index is 6.18. The lowest BCUT2D eigenvalue weighted by Gasteiger charge is -2.20. The molecule has 0 saturated carbocycles. The molecule has 21 heavy (non-hydrogen) atoms. The van der Waals surface area contributed by atoms with Gasteiger partial charge in [0.2, 0.25) is 0 Å². The molecule has 5 heteroatoms. The number of nitrogens with zero attached hydrogens (tertiary/aromatic N) is 1. The molecule has 0 saturated heterocycles. The van der Waals surface area contributed by atoms with E-state index in [2.05, 4.69) is 4.98 Å². The molecule has 0 N–H and O–H groups in total. The molecular formula is C16H17Cl2NO2. The van der Waals surface area contributed by atoms with Crippen LogP contribution in [0.5, 0.6) is 5.75 Å². The molecular weight excluding hydrogens is 309 g/mol. The molecule has 112 valence electrons. The highest BCUT2D eigenvalue weighted by molar-refractivity contribution is 6.35. The van der Waals surface area contributed by atoms with Gasteiger partial charge < -0.3 is 9.47 Å². The van der Waals surface area contributed by atoms with Crippen molar-refractivity contribution in [1.29, 1.82) is 0 Å². The van der Waals surface area contributed by atoms with Crippen molar-refractivity contribution >= 4 is 23.2 Å². The zero-order chi connectivity index (χ0) is 15.2. The summed E-state index contributed by atoms with van der Waals surface area (Å²) >= 11 is 12.1. The van der Waals surface area contributed by atoms with Crippen molar-refractivity contribution in [2.45, 2.75) is 26.1 Å². The van der Waals surface area contributed by atoms with E-state index in [1.807, 2.05) is 32.0 Å². The first kappa shape index (κ1) is 16.1. The summed E-state index contributed by atoms with van der Waals surface area (Å²) in [7, 11) is 0. The lowest BCUT2D eigenvalue weighted by atomic mass is 10.1. The Morgan fingerprint density at radius 3 is 2.67 bits per heavy atom. The molecule has 1 heterocycles. The molecule has 0 radical (unpaired) electrons. The van der Waals surface area contributed by atoms with E-state index < -0.39 is 0 Å². The largest absolute Gasteiger partial charge is 0.489 e. The number of hydrogen-bond acceptors (Lipinski definition) is 3. The first-order chi connectivity index (χ1) is 10.1. The molecule has 0 aliphatic heterocycles. The van der Waals surface area contributed by atoms with Crippen LogP contribution in [0, 0.1) is 0 Å². The fourth-order valence-corrected chi connectivity index (χ4v) is 2.50. The molecule has 1 aromatic carbocycles. The zero-order valence-electron chi connectivity index (χ0n) is 11.9. The van der Waals surface area contributed by atoms with Gasteiger partial charge in [0, 0.05) is 16.2 Å². The lowest BCUT2D eigenvalue weighted by Crippen LogP contribution is -2.20. The first-order valence-corrected chi connectivity index (χ1v) is 7.45. The minimum atomic E-state index is -0.137. The van der Waals surface area contributed by atoms with E-state index in [4.69, 9.17) is 32.7 Å². The summed E-state index contributed by atoms with van der Waals surface area (Å²) in [6.07, 6.45) is 3.16. The number of pyridine rings is 1. The Bertz CT molecular complexity index is 578. The summed E-state index contributed by atoms with van der Waals surface area (Å²) in [6.45, 7) is 4.35. The van der Waals surface area contributed by atoms with Gasteiger partial charge in [-0.1, -0.05) is 29.3 Å². The van der Waals surface area contributed by atoms with Crippen LogP contribution in [0.25, 0.3) is 0 Å². The molecule has 0 aliphatic rings. The van der Waals surface area contributed by atoms with E-state index in [1.54, 1.807) is 24.5 Å². The van der Waals surface area contributed by atoms with Crippen LogP contribution in [0.3, 0.4) is 0 Å². The number of rotatable bonds is 6. The highest BCUT2D eigenvalue weighted by Gasteiger charge is 2.14. The molecule has 0 aliphatic carbocycles. The van der Waals surface area contributed by atoms with Gasteiger partial charge in [-0.05, 0) is 43.7 Å². The molecule has 0 spiro atoms. The quantitative estimate of drug-likeness (QED) is 0.754. The second kappa shape index (κ2) is 7.64. The third-order valence-corrected chi connectivity index (χ3v) is 3.52. The van der Waals surface area contributed by atoms with Crippen LogP contribution in [0.1, 0.15) is 25.5 Å². The topological polar surface area (TPSA) is 31.4 Å². The standard InChI is InChI=1S/C16H17Cl2NO2/c1-11(10-20-14-4-3-7-19-9-14)21-12(2)15-6-5-13(17)8-16(15)18/h3-9,11-12H,10H2,1-2H3. The molecule has 0 fully saturated rings. The van der Waals surface area contributed by atoms with Gasteiger partial charge in [0.15, 0.2) is 0 Å². The smallest absolute Gasteiger partial charge is 0.137 e. The van der Waals surface area contributed by atoms with Gasteiger partial charge in [-0.25, -0.2) is 0 Å². The van der Waals surface area contributed by atoms with E-state index in [9.17, 15) is 0 Å². The predicted molar refractivity (Wildman–Crippen MR) is 85.2 cm³/mol. The van der Waals surface area contributed by atoms with Crippen molar-refractivity contribution in [3.63, 3.8) is 0 Å². The van der Waals surface area contributed by atoms with Crippen molar-refractivity contribution in [1.82, 2.24) is 4.98 Å². The van der Waals surface area contributed by atoms with Gasteiger partial charge in [-0.3, -0.25) is 4.98 Å². The minimum absolute atomic E-state index is 0.0769. The monoisotopic (exact) mass is 325 g/mol. The molecule has 2 unspecified atom stereocenters. The molecule has 2 atom stereocenters. The van der Waals surface area contributed by atoms with Crippen molar-refractivity contribution < 1.29 is 9.47 Å². The predicted octanol–water partition coefficient (Wildman–Crippen LogP) is 4.93. The Balaban J connectivity index is 1.88. The van der Waals surface area contributed by atoms with Gasteiger partial charge in [-0.15, -0.1) is 0 Å². The van der Waals surface area contributed by atoms with E-state index >= 15 is 0 Å². The number of halogens is 2. The van der Waals surface area contributed by atoms with Crippen LogP contribution in [0.2, 0.25) is 10.0 Å². The van der Waals surface area contributed by atoms with Gasteiger partial charge in [0.1, 0.15) is 12.4 Å². The highest BCUT2D eigenvalue weighted by atomic mass is 35.5. The summed E-state index contributed by atoms with van der Waals surface area (Å²) in [4.78, 5) is 4.00. The van der Waals surface area contributed by atoms with Gasteiger partial charge >= 0.3 is 0 Å². The van der Waals surface area contributed by atoms with E-state index in [0.29, 0.717) is 16.7 Å². The Hall–Kier alpha value is -1.29. The number of benzene rings is 1. The summed E-state index contributed by atoms with van der Waals surface area (Å²) in [5, 5.41) is 1.22. The minimum Gasteiger partial charge on any atom is -0.489 e. The number of ether oxygens (including phenoxy) is 2. The lowest BCUT2D eigenvalue weighted by molar-refractivity contribution is -0.0164. The molecule has 1 aromatic heterocycles. The first-order valence-electron chi connectivity index (χ1n) is 6.69. The fraction of sp³-hybridized carbons (Fsp3) is 0.312. The van der Waals surface area contributed by atoms with Crippen molar-refractivity contribution in [2.24, 2.45) is 0 Å². The average molecular weight is 326 g/mol. The van der Waals surface area contributed by atoms with Crippen molar-refractivity contribution in [2.75, 3.05) is 6.61 Å². The summed E-state index contributed by atoms with van der Waals surface area (Å²) < 4.78 is 11.5. The molecule has 0 amide bonds. The number of aromatic nitrogens is 1. The van der Waals surface area contributed by atoms with Crippen molar-refractivity contribution in [3.05, 3.63) is 58.3 Å².